The van der Waals surface area contributed by atoms with Gasteiger partial charge in [0.2, 0.25) is 0 Å². The number of nitriles is 1. The Morgan fingerprint density at radius 3 is 2.55 bits per heavy atom. The Bertz CT molecular complexity index is 642. The Hall–Kier alpha value is -2.27. The van der Waals surface area contributed by atoms with Gasteiger partial charge in [0.05, 0.1) is 6.07 Å². The molecular formula is C18H18N2. The van der Waals surface area contributed by atoms with Crippen LogP contribution >= 0.6 is 0 Å². The summed E-state index contributed by atoms with van der Waals surface area (Å²) in [6, 6.07) is 20.9. The first-order valence-corrected chi connectivity index (χ1v) is 7.09. The van der Waals surface area contributed by atoms with Gasteiger partial charge >= 0.3 is 0 Å². The Morgan fingerprint density at radius 1 is 1.10 bits per heavy atom. The highest BCUT2D eigenvalue weighted by Crippen LogP contribution is 2.42. The third-order valence-corrected chi connectivity index (χ3v) is 4.23. The molecule has 0 bridgehead atoms. The zero-order chi connectivity index (χ0) is 14.0. The molecule has 100 valence electrons. The maximum atomic E-state index is 9.82. The minimum absolute atomic E-state index is 0.519. The van der Waals surface area contributed by atoms with E-state index in [1.165, 1.54) is 5.56 Å². The summed E-state index contributed by atoms with van der Waals surface area (Å²) in [4.78, 5) is 0. The highest BCUT2D eigenvalue weighted by Gasteiger charge is 2.38. The monoisotopic (exact) mass is 262 g/mol. The standard InChI is InChI=1S/C18H18N2/c1-14-11-12-18(13-19,17-10-6-5-9-16(14)17)20-15-7-3-2-4-8-15/h2-10,14,20H,11-12H2,1H3. The van der Waals surface area contributed by atoms with E-state index in [9.17, 15) is 5.26 Å². The fraction of sp³-hybridized carbons (Fsp3) is 0.278. The number of benzene rings is 2. The average Bonchev–Trinajstić information content (AvgIpc) is 2.52. The van der Waals surface area contributed by atoms with Gasteiger partial charge in [0, 0.05) is 5.69 Å². The number of fused-ring (bicyclic) bond motifs is 1. The first kappa shape index (κ1) is 12.7. The molecule has 0 aliphatic heterocycles. The van der Waals surface area contributed by atoms with E-state index < -0.39 is 5.54 Å². The summed E-state index contributed by atoms with van der Waals surface area (Å²) in [7, 11) is 0. The lowest BCUT2D eigenvalue weighted by atomic mass is 9.73. The van der Waals surface area contributed by atoms with Crippen LogP contribution in [0.4, 0.5) is 5.69 Å². The highest BCUT2D eigenvalue weighted by atomic mass is 15.0. The van der Waals surface area contributed by atoms with Crippen molar-refractivity contribution in [2.24, 2.45) is 0 Å². The van der Waals surface area contributed by atoms with Crippen LogP contribution in [-0.2, 0) is 5.54 Å². The van der Waals surface area contributed by atoms with Crippen molar-refractivity contribution in [3.8, 4) is 6.07 Å². The lowest BCUT2D eigenvalue weighted by molar-refractivity contribution is 0.462. The molecule has 0 heterocycles. The van der Waals surface area contributed by atoms with Crippen LogP contribution in [-0.4, -0.2) is 0 Å². The first-order chi connectivity index (χ1) is 9.75. The van der Waals surface area contributed by atoms with Crippen LogP contribution in [0.5, 0.6) is 0 Å². The van der Waals surface area contributed by atoms with Gasteiger partial charge in [-0.05, 0) is 42.0 Å². The van der Waals surface area contributed by atoms with E-state index in [0.717, 1.165) is 24.1 Å². The summed E-state index contributed by atoms with van der Waals surface area (Å²) < 4.78 is 0. The predicted octanol–water partition coefficient (Wildman–Crippen LogP) is 4.41. The number of rotatable bonds is 2. The normalized spacial score (nSPS) is 24.5. The Kier molecular flexibility index (Phi) is 3.20. The number of nitrogens with one attached hydrogen (secondary N) is 1. The van der Waals surface area contributed by atoms with Crippen molar-refractivity contribution in [1.82, 2.24) is 0 Å². The van der Waals surface area contributed by atoms with Crippen LogP contribution in [0.15, 0.2) is 54.6 Å². The van der Waals surface area contributed by atoms with E-state index in [-0.39, 0.29) is 0 Å². The van der Waals surface area contributed by atoms with Crippen molar-refractivity contribution < 1.29 is 0 Å². The molecule has 1 aliphatic carbocycles. The second kappa shape index (κ2) is 5.02. The molecule has 20 heavy (non-hydrogen) atoms. The molecule has 2 unspecified atom stereocenters. The van der Waals surface area contributed by atoms with Crippen molar-refractivity contribution in [2.75, 3.05) is 5.32 Å². The number of hydrogen-bond donors (Lipinski definition) is 1. The fourth-order valence-electron chi connectivity index (χ4n) is 3.08. The molecular weight excluding hydrogens is 244 g/mol. The summed E-state index contributed by atoms with van der Waals surface area (Å²) in [5.41, 5.74) is 2.82. The summed E-state index contributed by atoms with van der Waals surface area (Å²) in [6.07, 6.45) is 1.88. The van der Waals surface area contributed by atoms with Crippen LogP contribution in [0.25, 0.3) is 0 Å². The van der Waals surface area contributed by atoms with Crippen LogP contribution in [0.2, 0.25) is 0 Å². The zero-order valence-corrected chi connectivity index (χ0v) is 11.6. The third kappa shape index (κ3) is 2.06. The average molecular weight is 262 g/mol. The van der Waals surface area contributed by atoms with Crippen LogP contribution in [0, 0.1) is 11.3 Å². The van der Waals surface area contributed by atoms with E-state index in [1.54, 1.807) is 0 Å². The molecule has 0 aromatic heterocycles. The van der Waals surface area contributed by atoms with Crippen LogP contribution in [0.3, 0.4) is 0 Å². The van der Waals surface area contributed by atoms with Crippen LogP contribution < -0.4 is 5.32 Å². The third-order valence-electron chi connectivity index (χ3n) is 4.23. The molecule has 0 fully saturated rings. The van der Waals surface area contributed by atoms with E-state index in [4.69, 9.17) is 0 Å². The van der Waals surface area contributed by atoms with Crippen molar-refractivity contribution in [2.45, 2.75) is 31.2 Å². The van der Waals surface area contributed by atoms with Crippen molar-refractivity contribution in [1.29, 1.82) is 5.26 Å². The summed E-state index contributed by atoms with van der Waals surface area (Å²) in [5, 5.41) is 13.3. The maximum absolute atomic E-state index is 9.82. The Balaban J connectivity index is 2.06. The van der Waals surface area contributed by atoms with Gasteiger partial charge in [0.25, 0.3) is 0 Å². The highest BCUT2D eigenvalue weighted by molar-refractivity contribution is 5.54. The van der Waals surface area contributed by atoms with E-state index in [1.807, 2.05) is 36.4 Å². The van der Waals surface area contributed by atoms with Gasteiger partial charge in [0.1, 0.15) is 0 Å². The largest absolute Gasteiger partial charge is 0.364 e. The molecule has 2 atom stereocenters. The van der Waals surface area contributed by atoms with Gasteiger partial charge in [-0.15, -0.1) is 0 Å². The maximum Gasteiger partial charge on any atom is 0.151 e. The SMILES string of the molecule is CC1CCC(C#N)(Nc2ccccc2)c2ccccc21. The number of hydrogen-bond acceptors (Lipinski definition) is 2. The van der Waals surface area contributed by atoms with Gasteiger partial charge in [-0.3, -0.25) is 0 Å². The molecule has 2 aromatic rings. The molecule has 0 saturated heterocycles. The molecule has 1 aliphatic rings. The summed E-state index contributed by atoms with van der Waals surface area (Å²) >= 11 is 0. The predicted molar refractivity (Wildman–Crippen MR) is 81.4 cm³/mol. The van der Waals surface area contributed by atoms with Crippen molar-refractivity contribution >= 4 is 5.69 Å². The molecule has 0 radical (unpaired) electrons. The second-order valence-electron chi connectivity index (χ2n) is 5.54. The van der Waals surface area contributed by atoms with Gasteiger partial charge in [0.15, 0.2) is 5.54 Å². The Morgan fingerprint density at radius 2 is 1.80 bits per heavy atom. The Labute approximate surface area is 120 Å². The first-order valence-electron chi connectivity index (χ1n) is 7.09. The quantitative estimate of drug-likeness (QED) is 0.869. The molecule has 3 rings (SSSR count). The molecule has 0 saturated carbocycles. The van der Waals surface area contributed by atoms with Gasteiger partial charge in [-0.2, -0.15) is 5.26 Å². The molecule has 0 amide bonds. The fourth-order valence-corrected chi connectivity index (χ4v) is 3.08. The van der Waals surface area contributed by atoms with Gasteiger partial charge in [-0.25, -0.2) is 0 Å². The molecule has 1 N–H and O–H groups in total. The van der Waals surface area contributed by atoms with E-state index in [2.05, 4.69) is 36.5 Å². The number of anilines is 1. The summed E-state index contributed by atoms with van der Waals surface area (Å²) in [5.74, 6) is 0.519. The minimum Gasteiger partial charge on any atom is -0.364 e. The molecule has 2 aromatic carbocycles. The molecule has 0 spiro atoms. The van der Waals surface area contributed by atoms with E-state index >= 15 is 0 Å². The topological polar surface area (TPSA) is 35.8 Å². The van der Waals surface area contributed by atoms with Gasteiger partial charge < -0.3 is 5.32 Å². The van der Waals surface area contributed by atoms with E-state index in [0.29, 0.717) is 5.92 Å². The summed E-state index contributed by atoms with van der Waals surface area (Å²) in [6.45, 7) is 2.24. The van der Waals surface area contributed by atoms with Crippen LogP contribution in [0.1, 0.15) is 36.8 Å². The lowest BCUT2D eigenvalue weighted by Gasteiger charge is -2.37. The number of para-hydroxylation sites is 1. The van der Waals surface area contributed by atoms with Gasteiger partial charge in [-0.1, -0.05) is 49.4 Å². The zero-order valence-electron chi connectivity index (χ0n) is 11.6. The molecule has 2 nitrogen and oxygen atoms in total. The van der Waals surface area contributed by atoms with Crippen molar-refractivity contribution in [3.63, 3.8) is 0 Å². The second-order valence-corrected chi connectivity index (χ2v) is 5.54. The van der Waals surface area contributed by atoms with Crippen molar-refractivity contribution in [3.05, 3.63) is 65.7 Å². The lowest BCUT2D eigenvalue weighted by Crippen LogP contribution is -2.38. The molecule has 2 heteroatoms. The smallest absolute Gasteiger partial charge is 0.151 e. The minimum atomic E-state index is -0.607. The number of nitrogens with zero attached hydrogens (tertiary/aromatic N) is 1.